The van der Waals surface area contributed by atoms with Crippen LogP contribution < -0.4 is 21.2 Å². The van der Waals surface area contributed by atoms with Crippen molar-refractivity contribution in [3.63, 3.8) is 0 Å². The van der Waals surface area contributed by atoms with E-state index < -0.39 is 0 Å². The Morgan fingerprint density at radius 2 is 2.07 bits per heavy atom. The summed E-state index contributed by atoms with van der Waals surface area (Å²) in [5.74, 6) is 0.502. The van der Waals surface area contributed by atoms with Gasteiger partial charge in [-0.15, -0.1) is 0 Å². The number of alkyl halides is 2. The second kappa shape index (κ2) is 4.91. The maximum absolute atomic E-state index is 11.1. The quantitative estimate of drug-likeness (QED) is 0.508. The summed E-state index contributed by atoms with van der Waals surface area (Å²) in [6.45, 7) is 0. The van der Waals surface area contributed by atoms with Gasteiger partial charge < -0.3 is 0 Å². The Morgan fingerprint density at radius 1 is 1.29 bits per heavy atom. The molecule has 0 aromatic heterocycles. The third-order valence-corrected chi connectivity index (χ3v) is 6.08. The average molecular weight is 301 g/mol. The van der Waals surface area contributed by atoms with Crippen molar-refractivity contribution in [3.05, 3.63) is 35.9 Å². The first-order valence-electron chi connectivity index (χ1n) is 4.98. The summed E-state index contributed by atoms with van der Waals surface area (Å²) in [7, 11) is 0. The van der Waals surface area contributed by atoms with E-state index >= 15 is 0 Å². The molecular formula is C12H14IO-. The molecule has 1 atom stereocenters. The van der Waals surface area contributed by atoms with E-state index in [1.165, 1.54) is 12.0 Å². The molecule has 1 aromatic rings. The van der Waals surface area contributed by atoms with E-state index in [9.17, 15) is 4.79 Å². The molecule has 1 aliphatic rings. The van der Waals surface area contributed by atoms with Crippen LogP contribution >= 0.6 is 0 Å². The number of Topliss-reactive ketones (excluding diaryl/α,β-unsaturated/α-hetero) is 1. The van der Waals surface area contributed by atoms with Crippen LogP contribution in [0.3, 0.4) is 0 Å². The summed E-state index contributed by atoms with van der Waals surface area (Å²) in [4.78, 5) is 11.1. The van der Waals surface area contributed by atoms with Crippen LogP contribution in [0.5, 0.6) is 0 Å². The van der Waals surface area contributed by atoms with Gasteiger partial charge in [-0.3, -0.25) is 0 Å². The van der Waals surface area contributed by atoms with Crippen LogP contribution in [0.25, 0.3) is 0 Å². The van der Waals surface area contributed by atoms with Crippen molar-refractivity contribution in [1.29, 1.82) is 0 Å². The Kier molecular flexibility index (Phi) is 3.56. The van der Waals surface area contributed by atoms with Crippen LogP contribution in [0.4, 0.5) is 0 Å². The van der Waals surface area contributed by atoms with Crippen LogP contribution in [0, 0.1) is 0 Å². The standard InChI is InChI=1S/C12H14IO/c14-12-7-6-11(13-9-12)8-10-4-2-1-3-5-10/h1-5,11H,6-9H2/q-1. The minimum absolute atomic E-state index is 0.133. The molecule has 0 spiro atoms. The van der Waals surface area contributed by atoms with Crippen LogP contribution in [0.2, 0.25) is 0 Å². The van der Waals surface area contributed by atoms with Crippen molar-refractivity contribution in [2.75, 3.05) is 4.43 Å². The number of carbonyl (C=O) groups is 1. The zero-order valence-corrected chi connectivity index (χ0v) is 10.2. The molecule has 1 saturated heterocycles. The first kappa shape index (κ1) is 10.1. The Balaban J connectivity index is 1.89. The molecule has 1 aromatic carbocycles. The summed E-state index contributed by atoms with van der Waals surface area (Å²) >= 11 is 0.133. The summed E-state index contributed by atoms with van der Waals surface area (Å²) in [5, 5.41) is 0. The number of benzene rings is 1. The third kappa shape index (κ3) is 2.80. The van der Waals surface area contributed by atoms with Gasteiger partial charge in [-0.25, -0.2) is 0 Å². The molecule has 1 heterocycles. The molecule has 1 nitrogen and oxygen atoms in total. The number of halogens is 1. The monoisotopic (exact) mass is 301 g/mol. The Labute approximate surface area is 95.2 Å². The Morgan fingerprint density at radius 3 is 2.71 bits per heavy atom. The van der Waals surface area contributed by atoms with E-state index in [1.807, 2.05) is 0 Å². The van der Waals surface area contributed by atoms with Gasteiger partial charge in [0, 0.05) is 0 Å². The molecule has 0 radical (unpaired) electrons. The molecule has 2 heteroatoms. The van der Waals surface area contributed by atoms with Gasteiger partial charge in [0.2, 0.25) is 0 Å². The number of rotatable bonds is 2. The van der Waals surface area contributed by atoms with Crippen LogP contribution in [0.15, 0.2) is 30.3 Å². The van der Waals surface area contributed by atoms with Crippen molar-refractivity contribution in [2.45, 2.75) is 23.2 Å². The van der Waals surface area contributed by atoms with Gasteiger partial charge in [-0.2, -0.15) is 0 Å². The van der Waals surface area contributed by atoms with Gasteiger partial charge in [0.15, 0.2) is 0 Å². The predicted octanol–water partition coefficient (Wildman–Crippen LogP) is -0.950. The maximum atomic E-state index is 11.1. The van der Waals surface area contributed by atoms with E-state index in [1.54, 1.807) is 0 Å². The predicted molar refractivity (Wildman–Crippen MR) is 53.0 cm³/mol. The fraction of sp³-hybridized carbons (Fsp3) is 0.417. The molecule has 0 bridgehead atoms. The van der Waals surface area contributed by atoms with Crippen molar-refractivity contribution >= 4 is 5.78 Å². The molecule has 2 rings (SSSR count). The first-order chi connectivity index (χ1) is 6.84. The molecule has 1 aliphatic heterocycles. The molecule has 14 heavy (non-hydrogen) atoms. The zero-order valence-electron chi connectivity index (χ0n) is 8.08. The van der Waals surface area contributed by atoms with Gasteiger partial charge in [-0.1, -0.05) is 0 Å². The average Bonchev–Trinajstić information content (AvgIpc) is 2.23. The minimum atomic E-state index is 0.133. The summed E-state index contributed by atoms with van der Waals surface area (Å²) in [5.41, 5.74) is 1.44. The van der Waals surface area contributed by atoms with Gasteiger partial charge in [-0.05, 0) is 0 Å². The van der Waals surface area contributed by atoms with Gasteiger partial charge >= 0.3 is 95.3 Å². The van der Waals surface area contributed by atoms with Crippen LogP contribution in [-0.2, 0) is 11.2 Å². The molecule has 0 saturated carbocycles. The Bertz CT molecular complexity index is 297. The molecule has 76 valence electrons. The second-order valence-electron chi connectivity index (χ2n) is 3.65. The van der Waals surface area contributed by atoms with Crippen molar-refractivity contribution in [3.8, 4) is 0 Å². The van der Waals surface area contributed by atoms with E-state index in [0.29, 0.717) is 5.78 Å². The first-order valence-corrected chi connectivity index (χ1v) is 7.75. The number of ketones is 1. The second-order valence-corrected chi connectivity index (χ2v) is 7.06. The van der Waals surface area contributed by atoms with Crippen LogP contribution in [0.1, 0.15) is 18.4 Å². The zero-order chi connectivity index (χ0) is 9.80. The topological polar surface area (TPSA) is 17.1 Å². The molecule has 0 aliphatic carbocycles. The van der Waals surface area contributed by atoms with E-state index in [2.05, 4.69) is 30.3 Å². The summed E-state index contributed by atoms with van der Waals surface area (Å²) < 4.78 is 1.75. The van der Waals surface area contributed by atoms with Crippen LogP contribution in [-0.4, -0.2) is 14.1 Å². The normalized spacial score (nSPS) is 22.9. The molecule has 0 N–H and O–H groups in total. The Hall–Kier alpha value is -0.380. The SMILES string of the molecule is O=C1CCC(Cc2ccccc2)[I-]C1. The van der Waals surface area contributed by atoms with Crippen molar-refractivity contribution in [2.24, 2.45) is 0 Å². The van der Waals surface area contributed by atoms with Crippen molar-refractivity contribution < 1.29 is 26.0 Å². The van der Waals surface area contributed by atoms with Crippen molar-refractivity contribution in [1.82, 2.24) is 0 Å². The van der Waals surface area contributed by atoms with E-state index in [4.69, 9.17) is 0 Å². The molecule has 1 fully saturated rings. The summed E-state index contributed by atoms with van der Waals surface area (Å²) in [6.07, 6.45) is 3.17. The fourth-order valence-electron chi connectivity index (χ4n) is 1.68. The number of carbonyl (C=O) groups excluding carboxylic acids is 1. The van der Waals surface area contributed by atoms with Gasteiger partial charge in [0.1, 0.15) is 0 Å². The fourth-order valence-corrected chi connectivity index (χ4v) is 4.75. The summed E-state index contributed by atoms with van der Waals surface area (Å²) in [6, 6.07) is 10.6. The number of hydrogen-bond acceptors (Lipinski definition) is 1. The number of hydrogen-bond donors (Lipinski definition) is 0. The van der Waals surface area contributed by atoms with E-state index in [-0.39, 0.29) is 21.2 Å². The molecule has 0 amide bonds. The third-order valence-electron chi connectivity index (χ3n) is 2.48. The van der Waals surface area contributed by atoms with Gasteiger partial charge in [0.25, 0.3) is 0 Å². The van der Waals surface area contributed by atoms with Gasteiger partial charge in [0.05, 0.1) is 0 Å². The molecule has 1 unspecified atom stereocenters. The van der Waals surface area contributed by atoms with E-state index in [0.717, 1.165) is 21.2 Å². The molecular weight excluding hydrogens is 287 g/mol.